The van der Waals surface area contributed by atoms with Gasteiger partial charge in [0.25, 0.3) is 0 Å². The topological polar surface area (TPSA) is 27.6 Å². The van der Waals surface area contributed by atoms with Crippen molar-refractivity contribution in [3.05, 3.63) is 24.3 Å². The average molecular weight is 259 g/mol. The summed E-state index contributed by atoms with van der Waals surface area (Å²) in [7, 11) is 1.85. The van der Waals surface area contributed by atoms with Crippen LogP contribution in [0, 0.1) is 5.41 Å². The molecule has 0 bridgehead atoms. The summed E-state index contributed by atoms with van der Waals surface area (Å²) >= 11 is 0. The molecule has 0 aromatic heterocycles. The zero-order valence-electron chi connectivity index (χ0n) is 12.5. The number of nitrogens with one attached hydrogen (secondary N) is 1. The van der Waals surface area contributed by atoms with Gasteiger partial charge in [0.15, 0.2) is 0 Å². The summed E-state index contributed by atoms with van der Waals surface area (Å²) in [6.07, 6.45) is 2.59. The molecule has 1 aliphatic heterocycles. The molecule has 1 heterocycles. The van der Waals surface area contributed by atoms with Crippen LogP contribution in [0.3, 0.4) is 0 Å². The van der Waals surface area contributed by atoms with Gasteiger partial charge in [0.05, 0.1) is 11.4 Å². The van der Waals surface area contributed by atoms with Crippen LogP contribution in [0.4, 0.5) is 11.4 Å². The van der Waals surface area contributed by atoms with E-state index in [1.807, 2.05) is 7.05 Å². The van der Waals surface area contributed by atoms with Crippen molar-refractivity contribution in [1.82, 2.24) is 0 Å². The summed E-state index contributed by atoms with van der Waals surface area (Å²) in [5.74, 6) is 1.03. The lowest BCUT2D eigenvalue weighted by atomic mass is 9.94. The van der Waals surface area contributed by atoms with Crippen molar-refractivity contribution in [3.63, 3.8) is 0 Å². The van der Waals surface area contributed by atoms with Gasteiger partial charge >= 0.3 is 0 Å². The van der Waals surface area contributed by atoms with Gasteiger partial charge in [-0.05, 0) is 25.0 Å². The molecule has 1 saturated heterocycles. The third kappa shape index (κ3) is 3.28. The lowest BCUT2D eigenvalue weighted by Crippen LogP contribution is -2.29. The molecule has 104 valence electrons. The van der Waals surface area contributed by atoms with Gasteiger partial charge in [0.1, 0.15) is 5.84 Å². The van der Waals surface area contributed by atoms with E-state index in [1.54, 1.807) is 0 Å². The first kappa shape index (κ1) is 13.9. The van der Waals surface area contributed by atoms with Crippen LogP contribution < -0.4 is 10.2 Å². The second-order valence-corrected chi connectivity index (χ2v) is 6.16. The Balaban J connectivity index is 2.25. The summed E-state index contributed by atoms with van der Waals surface area (Å²) in [5, 5.41) is 3.52. The molecule has 3 heteroatoms. The molecule has 0 aliphatic carbocycles. The molecule has 1 aromatic rings. The molecule has 19 heavy (non-hydrogen) atoms. The van der Waals surface area contributed by atoms with Gasteiger partial charge in [0.2, 0.25) is 0 Å². The minimum atomic E-state index is 0.0346. The maximum absolute atomic E-state index is 4.41. The SMILES string of the molecule is CN=C(Nc1ccccc1N1CCCC1)C(C)(C)C. The monoisotopic (exact) mass is 259 g/mol. The molecule has 2 rings (SSSR count). The lowest BCUT2D eigenvalue weighted by molar-refractivity contribution is 0.588. The minimum absolute atomic E-state index is 0.0346. The molecule has 0 unspecified atom stereocenters. The smallest absolute Gasteiger partial charge is 0.106 e. The molecule has 0 spiro atoms. The Labute approximate surface area is 116 Å². The molecular weight excluding hydrogens is 234 g/mol. The fourth-order valence-corrected chi connectivity index (χ4v) is 2.52. The Kier molecular flexibility index (Phi) is 4.13. The summed E-state index contributed by atoms with van der Waals surface area (Å²) < 4.78 is 0. The van der Waals surface area contributed by atoms with Crippen molar-refractivity contribution >= 4 is 17.2 Å². The first-order chi connectivity index (χ1) is 9.02. The molecular formula is C16H25N3. The molecule has 0 amide bonds. The van der Waals surface area contributed by atoms with Gasteiger partial charge in [0, 0.05) is 25.6 Å². The second kappa shape index (κ2) is 5.64. The van der Waals surface area contributed by atoms with Crippen LogP contribution in [0.2, 0.25) is 0 Å². The molecule has 1 N–H and O–H groups in total. The van der Waals surface area contributed by atoms with Crippen LogP contribution in [0.1, 0.15) is 33.6 Å². The predicted molar refractivity (Wildman–Crippen MR) is 84.3 cm³/mol. The largest absolute Gasteiger partial charge is 0.370 e. The van der Waals surface area contributed by atoms with Crippen LogP contribution in [0.5, 0.6) is 0 Å². The Bertz CT molecular complexity index is 451. The number of para-hydroxylation sites is 2. The number of anilines is 2. The highest BCUT2D eigenvalue weighted by atomic mass is 15.2. The number of nitrogens with zero attached hydrogens (tertiary/aromatic N) is 2. The predicted octanol–water partition coefficient (Wildman–Crippen LogP) is 3.77. The van der Waals surface area contributed by atoms with E-state index in [0.29, 0.717) is 0 Å². The van der Waals surface area contributed by atoms with Crippen molar-refractivity contribution < 1.29 is 0 Å². The van der Waals surface area contributed by atoms with E-state index >= 15 is 0 Å². The highest BCUT2D eigenvalue weighted by Crippen LogP contribution is 2.30. The number of amidine groups is 1. The standard InChI is InChI=1S/C16H25N3/c1-16(2,3)15(17-4)18-13-9-5-6-10-14(13)19-11-7-8-12-19/h5-6,9-10H,7-8,11-12H2,1-4H3,(H,17,18). The normalized spacial score (nSPS) is 16.8. The molecule has 1 aliphatic rings. The van der Waals surface area contributed by atoms with Crippen molar-refractivity contribution in [1.29, 1.82) is 0 Å². The molecule has 0 saturated carbocycles. The van der Waals surface area contributed by atoms with Gasteiger partial charge in [-0.1, -0.05) is 32.9 Å². The Morgan fingerprint density at radius 2 is 1.79 bits per heavy atom. The van der Waals surface area contributed by atoms with Crippen LogP contribution in [-0.4, -0.2) is 26.0 Å². The molecule has 0 radical (unpaired) electrons. The van der Waals surface area contributed by atoms with E-state index in [0.717, 1.165) is 18.9 Å². The van der Waals surface area contributed by atoms with Crippen LogP contribution in [0.15, 0.2) is 29.3 Å². The lowest BCUT2D eigenvalue weighted by Gasteiger charge is -2.26. The molecule has 0 atom stereocenters. The van der Waals surface area contributed by atoms with E-state index in [-0.39, 0.29) is 5.41 Å². The van der Waals surface area contributed by atoms with Gasteiger partial charge in [-0.2, -0.15) is 0 Å². The van der Waals surface area contributed by atoms with Gasteiger partial charge in [-0.15, -0.1) is 0 Å². The first-order valence-corrected chi connectivity index (χ1v) is 7.10. The number of aliphatic imine (C=N–C) groups is 1. The Morgan fingerprint density at radius 1 is 1.16 bits per heavy atom. The quantitative estimate of drug-likeness (QED) is 0.646. The zero-order chi connectivity index (χ0) is 13.9. The third-order valence-corrected chi connectivity index (χ3v) is 3.54. The zero-order valence-corrected chi connectivity index (χ0v) is 12.5. The maximum atomic E-state index is 4.41. The highest BCUT2D eigenvalue weighted by molar-refractivity contribution is 6.01. The van der Waals surface area contributed by atoms with Gasteiger partial charge in [-0.25, -0.2) is 0 Å². The summed E-state index contributed by atoms with van der Waals surface area (Å²) in [6, 6.07) is 8.53. The average Bonchev–Trinajstić information content (AvgIpc) is 2.88. The molecule has 1 fully saturated rings. The van der Waals surface area contributed by atoms with Gasteiger partial charge < -0.3 is 10.2 Å². The maximum Gasteiger partial charge on any atom is 0.106 e. The Hall–Kier alpha value is -1.51. The van der Waals surface area contributed by atoms with Crippen LogP contribution in [-0.2, 0) is 0 Å². The van der Waals surface area contributed by atoms with Crippen molar-refractivity contribution in [2.45, 2.75) is 33.6 Å². The fraction of sp³-hybridized carbons (Fsp3) is 0.562. The number of rotatable bonds is 2. The number of hydrogen-bond acceptors (Lipinski definition) is 2. The second-order valence-electron chi connectivity index (χ2n) is 6.16. The number of hydrogen-bond donors (Lipinski definition) is 1. The van der Waals surface area contributed by atoms with Crippen molar-refractivity contribution in [2.75, 3.05) is 30.4 Å². The van der Waals surface area contributed by atoms with E-state index in [2.05, 4.69) is 60.2 Å². The summed E-state index contributed by atoms with van der Waals surface area (Å²) in [4.78, 5) is 6.87. The number of benzene rings is 1. The van der Waals surface area contributed by atoms with E-state index in [9.17, 15) is 0 Å². The minimum Gasteiger partial charge on any atom is -0.370 e. The summed E-state index contributed by atoms with van der Waals surface area (Å²) in [5.41, 5.74) is 2.50. The van der Waals surface area contributed by atoms with E-state index in [4.69, 9.17) is 0 Å². The first-order valence-electron chi connectivity index (χ1n) is 7.10. The van der Waals surface area contributed by atoms with Crippen LogP contribution >= 0.6 is 0 Å². The van der Waals surface area contributed by atoms with Crippen molar-refractivity contribution in [2.24, 2.45) is 10.4 Å². The molecule has 1 aromatic carbocycles. The Morgan fingerprint density at radius 3 is 2.37 bits per heavy atom. The summed E-state index contributed by atoms with van der Waals surface area (Å²) in [6.45, 7) is 8.86. The van der Waals surface area contributed by atoms with E-state index < -0.39 is 0 Å². The van der Waals surface area contributed by atoms with E-state index in [1.165, 1.54) is 24.2 Å². The van der Waals surface area contributed by atoms with Gasteiger partial charge in [-0.3, -0.25) is 4.99 Å². The third-order valence-electron chi connectivity index (χ3n) is 3.54. The molecule has 3 nitrogen and oxygen atoms in total. The fourth-order valence-electron chi connectivity index (χ4n) is 2.52. The van der Waals surface area contributed by atoms with Crippen LogP contribution in [0.25, 0.3) is 0 Å². The van der Waals surface area contributed by atoms with Crippen molar-refractivity contribution in [3.8, 4) is 0 Å². The highest BCUT2D eigenvalue weighted by Gasteiger charge is 2.21.